The van der Waals surface area contributed by atoms with Gasteiger partial charge in [-0.05, 0) is 54.7 Å². The maximum atomic E-state index is 9.57. The number of aryl methyl sites for hydroxylation is 1. The molecular weight excluding hydrogens is 262 g/mol. The van der Waals surface area contributed by atoms with Crippen LogP contribution in [0.2, 0.25) is 0 Å². The number of hydrogen-bond donors (Lipinski definition) is 2. The zero-order valence-electron chi connectivity index (χ0n) is 12.1. The van der Waals surface area contributed by atoms with Crippen molar-refractivity contribution in [3.8, 4) is 11.5 Å². The van der Waals surface area contributed by atoms with Crippen molar-refractivity contribution in [1.82, 2.24) is 5.32 Å². The first kappa shape index (κ1) is 14.0. The van der Waals surface area contributed by atoms with E-state index in [9.17, 15) is 5.11 Å². The van der Waals surface area contributed by atoms with E-state index in [-0.39, 0.29) is 0 Å². The summed E-state index contributed by atoms with van der Waals surface area (Å²) in [6.45, 7) is 1.48. The Morgan fingerprint density at radius 3 is 2.86 bits per heavy atom. The molecule has 0 heterocycles. The van der Waals surface area contributed by atoms with E-state index in [1.165, 1.54) is 11.1 Å². The van der Waals surface area contributed by atoms with Gasteiger partial charge in [-0.2, -0.15) is 0 Å². The molecule has 0 aromatic heterocycles. The molecule has 1 atom stereocenters. The topological polar surface area (TPSA) is 41.5 Å². The van der Waals surface area contributed by atoms with Gasteiger partial charge in [0, 0.05) is 12.6 Å². The number of ether oxygens (including phenoxy) is 1. The molecule has 1 unspecified atom stereocenters. The summed E-state index contributed by atoms with van der Waals surface area (Å²) in [5.41, 5.74) is 2.58. The summed E-state index contributed by atoms with van der Waals surface area (Å²) in [7, 11) is 0. The number of rotatable bonds is 5. The predicted molar refractivity (Wildman–Crippen MR) is 83.7 cm³/mol. The van der Waals surface area contributed by atoms with Crippen LogP contribution in [0.25, 0.3) is 0 Å². The molecule has 3 rings (SSSR count). The SMILES string of the molecule is Oc1ccc2c(c1)CCCC2NCCOc1ccccc1. The largest absolute Gasteiger partial charge is 0.508 e. The Labute approximate surface area is 125 Å². The Bertz CT molecular complexity index is 583. The van der Waals surface area contributed by atoms with Crippen molar-refractivity contribution in [3.05, 3.63) is 59.7 Å². The molecule has 110 valence electrons. The lowest BCUT2D eigenvalue weighted by Crippen LogP contribution is -2.28. The Kier molecular flexibility index (Phi) is 4.41. The molecule has 1 aliphatic carbocycles. The number of nitrogens with one attached hydrogen (secondary N) is 1. The van der Waals surface area contributed by atoms with E-state index in [1.54, 1.807) is 6.07 Å². The van der Waals surface area contributed by atoms with E-state index >= 15 is 0 Å². The average Bonchev–Trinajstić information content (AvgIpc) is 2.52. The summed E-state index contributed by atoms with van der Waals surface area (Å²) in [6.07, 6.45) is 3.36. The van der Waals surface area contributed by atoms with Crippen LogP contribution in [0, 0.1) is 0 Å². The second kappa shape index (κ2) is 6.64. The zero-order valence-corrected chi connectivity index (χ0v) is 12.1. The molecule has 0 saturated carbocycles. The van der Waals surface area contributed by atoms with E-state index in [0.717, 1.165) is 31.6 Å². The maximum Gasteiger partial charge on any atom is 0.119 e. The highest BCUT2D eigenvalue weighted by Crippen LogP contribution is 2.31. The maximum absolute atomic E-state index is 9.57. The number of hydrogen-bond acceptors (Lipinski definition) is 3. The van der Waals surface area contributed by atoms with Crippen LogP contribution in [0.15, 0.2) is 48.5 Å². The monoisotopic (exact) mass is 283 g/mol. The van der Waals surface area contributed by atoms with Gasteiger partial charge in [-0.3, -0.25) is 0 Å². The van der Waals surface area contributed by atoms with Gasteiger partial charge in [-0.15, -0.1) is 0 Å². The number of phenolic OH excluding ortho intramolecular Hbond substituents is 1. The van der Waals surface area contributed by atoms with Crippen LogP contribution in [-0.4, -0.2) is 18.3 Å². The number of benzene rings is 2. The van der Waals surface area contributed by atoms with Crippen molar-refractivity contribution in [3.63, 3.8) is 0 Å². The first-order valence-electron chi connectivity index (χ1n) is 7.56. The molecule has 0 aliphatic heterocycles. The third kappa shape index (κ3) is 3.56. The normalized spacial score (nSPS) is 17.2. The summed E-state index contributed by atoms with van der Waals surface area (Å²) in [6, 6.07) is 16.0. The van der Waals surface area contributed by atoms with Gasteiger partial charge in [0.1, 0.15) is 18.1 Å². The Morgan fingerprint density at radius 1 is 1.14 bits per heavy atom. The van der Waals surface area contributed by atoms with E-state index in [1.807, 2.05) is 42.5 Å². The summed E-state index contributed by atoms with van der Waals surface area (Å²) >= 11 is 0. The summed E-state index contributed by atoms with van der Waals surface area (Å²) in [5.74, 6) is 1.27. The molecule has 2 aromatic rings. The summed E-state index contributed by atoms with van der Waals surface area (Å²) in [5, 5.41) is 13.1. The third-order valence-corrected chi connectivity index (χ3v) is 3.95. The minimum Gasteiger partial charge on any atom is -0.508 e. The lowest BCUT2D eigenvalue weighted by molar-refractivity contribution is 0.300. The summed E-state index contributed by atoms with van der Waals surface area (Å²) < 4.78 is 5.70. The molecule has 21 heavy (non-hydrogen) atoms. The fraction of sp³-hybridized carbons (Fsp3) is 0.333. The lowest BCUT2D eigenvalue weighted by atomic mass is 9.87. The van der Waals surface area contributed by atoms with Gasteiger partial charge in [-0.25, -0.2) is 0 Å². The molecule has 1 aliphatic rings. The van der Waals surface area contributed by atoms with Gasteiger partial charge in [0.15, 0.2) is 0 Å². The predicted octanol–water partition coefficient (Wildman–Crippen LogP) is 3.44. The molecule has 0 fully saturated rings. The van der Waals surface area contributed by atoms with Gasteiger partial charge in [0.05, 0.1) is 0 Å². The zero-order chi connectivity index (χ0) is 14.5. The number of phenols is 1. The fourth-order valence-corrected chi connectivity index (χ4v) is 2.93. The van der Waals surface area contributed by atoms with Gasteiger partial charge in [-0.1, -0.05) is 24.3 Å². The number of fused-ring (bicyclic) bond motifs is 1. The molecule has 2 N–H and O–H groups in total. The Balaban J connectivity index is 1.53. The number of aromatic hydroxyl groups is 1. The Morgan fingerprint density at radius 2 is 2.00 bits per heavy atom. The van der Waals surface area contributed by atoms with E-state index in [0.29, 0.717) is 18.4 Å². The van der Waals surface area contributed by atoms with E-state index < -0.39 is 0 Å². The molecule has 0 saturated heterocycles. The molecule has 3 heteroatoms. The van der Waals surface area contributed by atoms with E-state index in [4.69, 9.17) is 4.74 Å². The van der Waals surface area contributed by atoms with Gasteiger partial charge < -0.3 is 15.2 Å². The minimum absolute atomic E-state index is 0.363. The van der Waals surface area contributed by atoms with Crippen molar-refractivity contribution < 1.29 is 9.84 Å². The van der Waals surface area contributed by atoms with Crippen LogP contribution in [-0.2, 0) is 6.42 Å². The lowest BCUT2D eigenvalue weighted by Gasteiger charge is -2.26. The average molecular weight is 283 g/mol. The minimum atomic E-state index is 0.363. The Hall–Kier alpha value is -2.00. The smallest absolute Gasteiger partial charge is 0.119 e. The van der Waals surface area contributed by atoms with Crippen LogP contribution in [0.4, 0.5) is 0 Å². The van der Waals surface area contributed by atoms with Crippen molar-refractivity contribution in [2.45, 2.75) is 25.3 Å². The second-order valence-electron chi connectivity index (χ2n) is 5.44. The van der Waals surface area contributed by atoms with E-state index in [2.05, 4.69) is 5.32 Å². The second-order valence-corrected chi connectivity index (χ2v) is 5.44. The van der Waals surface area contributed by atoms with Crippen LogP contribution in [0.1, 0.15) is 30.0 Å². The van der Waals surface area contributed by atoms with Crippen LogP contribution in [0.5, 0.6) is 11.5 Å². The van der Waals surface area contributed by atoms with Gasteiger partial charge in [0.25, 0.3) is 0 Å². The van der Waals surface area contributed by atoms with Gasteiger partial charge >= 0.3 is 0 Å². The van der Waals surface area contributed by atoms with Crippen molar-refractivity contribution in [1.29, 1.82) is 0 Å². The van der Waals surface area contributed by atoms with Crippen LogP contribution < -0.4 is 10.1 Å². The highest BCUT2D eigenvalue weighted by molar-refractivity contribution is 5.38. The number of para-hydroxylation sites is 1. The fourth-order valence-electron chi connectivity index (χ4n) is 2.93. The molecule has 0 amide bonds. The molecular formula is C18H21NO2. The molecule has 0 radical (unpaired) electrons. The first-order chi connectivity index (χ1) is 10.3. The molecule has 2 aromatic carbocycles. The van der Waals surface area contributed by atoms with Crippen molar-refractivity contribution >= 4 is 0 Å². The highest BCUT2D eigenvalue weighted by Gasteiger charge is 2.19. The van der Waals surface area contributed by atoms with Gasteiger partial charge in [0.2, 0.25) is 0 Å². The van der Waals surface area contributed by atoms with Crippen molar-refractivity contribution in [2.24, 2.45) is 0 Å². The van der Waals surface area contributed by atoms with Crippen LogP contribution in [0.3, 0.4) is 0 Å². The first-order valence-corrected chi connectivity index (χ1v) is 7.56. The van der Waals surface area contributed by atoms with Crippen LogP contribution >= 0.6 is 0 Å². The molecule has 0 spiro atoms. The quantitative estimate of drug-likeness (QED) is 0.826. The van der Waals surface area contributed by atoms with Crippen molar-refractivity contribution in [2.75, 3.05) is 13.2 Å². The molecule has 0 bridgehead atoms. The summed E-state index contributed by atoms with van der Waals surface area (Å²) in [4.78, 5) is 0. The molecule has 3 nitrogen and oxygen atoms in total. The standard InChI is InChI=1S/C18H21NO2/c20-15-9-10-17-14(13-15)5-4-8-18(17)19-11-12-21-16-6-2-1-3-7-16/h1-3,6-7,9-10,13,18-20H,4-5,8,11-12H2. The third-order valence-electron chi connectivity index (χ3n) is 3.95. The highest BCUT2D eigenvalue weighted by atomic mass is 16.5.